The first-order valence-electron chi connectivity index (χ1n) is 12.9. The van der Waals surface area contributed by atoms with Crippen molar-refractivity contribution in [1.82, 2.24) is 19.7 Å². The average Bonchev–Trinajstić information content (AvgIpc) is 3.49. The molecule has 0 radical (unpaired) electrons. The van der Waals surface area contributed by atoms with Crippen molar-refractivity contribution in [1.29, 1.82) is 0 Å². The molecule has 1 aromatic heterocycles. The molecule has 1 aliphatic heterocycles. The van der Waals surface area contributed by atoms with Crippen molar-refractivity contribution < 1.29 is 77.7 Å². The summed E-state index contributed by atoms with van der Waals surface area (Å²) < 4.78 is 33.8. The number of rotatable bonds is 12. The number of sulfonamides is 1. The summed E-state index contributed by atoms with van der Waals surface area (Å²) in [7, 11) is -4.16. The maximum absolute atomic E-state index is 12.7. The number of non-ortho nitro benzene ring substituents is 1. The molecule has 5 atom stereocenters. The molecule has 45 heavy (non-hydrogen) atoms. The van der Waals surface area contributed by atoms with Crippen LogP contribution in [0.25, 0.3) is 11.3 Å². The number of nitrogens with zero attached hydrogens (tertiary/aromatic N) is 4. The number of ether oxygens (including phenoxy) is 1. The number of amides is 1. The van der Waals surface area contributed by atoms with Gasteiger partial charge < -0.3 is 35.3 Å². The van der Waals surface area contributed by atoms with Gasteiger partial charge in [-0.1, -0.05) is 30.3 Å². The Hall–Kier alpha value is -3.75. The number of carbonyl (C=O) groups excluding carboxylic acids is 2. The van der Waals surface area contributed by atoms with Crippen LogP contribution < -0.4 is 44.7 Å². The number of carboxylic acids is 1. The molecule has 0 unspecified atom stereocenters. The number of aliphatic carboxylic acids is 1. The van der Waals surface area contributed by atoms with Gasteiger partial charge in [-0.2, -0.15) is 0 Å². The predicted molar refractivity (Wildman–Crippen MR) is 148 cm³/mol. The first-order valence-corrected chi connectivity index (χ1v) is 14.4. The summed E-state index contributed by atoms with van der Waals surface area (Å²) in [5, 5.41) is 62.8. The number of anilines is 1. The van der Waals surface area contributed by atoms with Crippen LogP contribution in [0, 0.1) is 16.0 Å². The number of aliphatic hydroxyl groups excluding tert-OH is 3. The van der Waals surface area contributed by atoms with E-state index in [1.807, 2.05) is 0 Å². The maximum Gasteiger partial charge on any atom is 1.00 e. The number of para-hydroxylation sites is 1. The molecular weight excluding hydrogens is 627 g/mol. The van der Waals surface area contributed by atoms with Crippen molar-refractivity contribution in [2.24, 2.45) is 5.92 Å². The molecule has 0 bridgehead atoms. The molecule has 0 spiro atoms. The van der Waals surface area contributed by atoms with Crippen LogP contribution in [0.4, 0.5) is 11.4 Å². The third-order valence-electron chi connectivity index (χ3n) is 6.83. The van der Waals surface area contributed by atoms with Crippen LogP contribution >= 0.6 is 0 Å². The predicted octanol–water partition coefficient (Wildman–Crippen LogP) is -4.30. The Morgan fingerprint density at radius 1 is 1.16 bits per heavy atom. The number of benzene rings is 2. The normalized spacial score (nSPS) is 19.3. The summed E-state index contributed by atoms with van der Waals surface area (Å²) >= 11 is 0. The van der Waals surface area contributed by atoms with E-state index in [0.29, 0.717) is 5.56 Å². The molecule has 234 valence electrons. The van der Waals surface area contributed by atoms with Crippen LogP contribution in [0.5, 0.6) is 0 Å². The third kappa shape index (κ3) is 8.30. The number of allylic oxidation sites excluding steroid dienone is 1. The third-order valence-corrected chi connectivity index (χ3v) is 8.25. The maximum atomic E-state index is 12.7. The van der Waals surface area contributed by atoms with Crippen molar-refractivity contribution in [3.63, 3.8) is 0 Å². The molecule has 0 fully saturated rings. The van der Waals surface area contributed by atoms with Crippen LogP contribution in [0.3, 0.4) is 0 Å². The van der Waals surface area contributed by atoms with Crippen molar-refractivity contribution in [3.05, 3.63) is 76.7 Å². The van der Waals surface area contributed by atoms with Crippen molar-refractivity contribution in [2.45, 2.75) is 36.2 Å². The van der Waals surface area contributed by atoms with Gasteiger partial charge in [-0.05, 0) is 24.3 Å². The molecule has 19 heteroatoms. The zero-order chi connectivity index (χ0) is 32.2. The molecule has 4 rings (SSSR count). The number of nitro groups is 1. The Bertz CT molecular complexity index is 1680. The van der Waals surface area contributed by atoms with Crippen LogP contribution in [-0.2, 0) is 24.3 Å². The monoisotopic (exact) mass is 654 g/mol. The van der Waals surface area contributed by atoms with Gasteiger partial charge in [-0.15, -0.1) is 5.10 Å². The minimum absolute atomic E-state index is 0. The van der Waals surface area contributed by atoms with Crippen LogP contribution in [-0.4, -0.2) is 87.0 Å². The Balaban J connectivity index is 0.00000552. The van der Waals surface area contributed by atoms with Crippen LogP contribution in [0.2, 0.25) is 0 Å². The number of carbonyl (C=O) groups is 2. The number of hydrogen-bond acceptors (Lipinski definition) is 13. The summed E-state index contributed by atoms with van der Waals surface area (Å²) in [5.74, 6) is -3.70. The van der Waals surface area contributed by atoms with Crippen molar-refractivity contribution in [3.8, 4) is 11.3 Å². The fourth-order valence-electron chi connectivity index (χ4n) is 4.48. The van der Waals surface area contributed by atoms with E-state index in [4.69, 9.17) is 4.74 Å². The Morgan fingerprint density at radius 3 is 2.44 bits per heavy atom. The molecule has 0 saturated heterocycles. The summed E-state index contributed by atoms with van der Waals surface area (Å²) in [4.78, 5) is 34.1. The van der Waals surface area contributed by atoms with E-state index in [2.05, 4.69) is 20.4 Å². The largest absolute Gasteiger partial charge is 1.00 e. The van der Waals surface area contributed by atoms with Gasteiger partial charge in [0.2, 0.25) is 15.9 Å². The zero-order valence-electron chi connectivity index (χ0n) is 23.9. The minimum atomic E-state index is -4.16. The molecule has 2 heterocycles. The summed E-state index contributed by atoms with van der Waals surface area (Å²) in [6.07, 6.45) is -1.85. The van der Waals surface area contributed by atoms with E-state index in [0.717, 1.165) is 24.3 Å². The SMILES string of the molecule is C[C@H]1[C@H]([C@H](O)[C@H](O)CO)OC(C(=O)[O-])=C[C@@H]1n1cc(-c2ccccc2NC(=O)CNS(=O)(=O)c2ccc([N+](=O)[O-])cc2)nn1.[Na+]. The summed E-state index contributed by atoms with van der Waals surface area (Å²) in [6, 6.07) is 9.67. The Morgan fingerprint density at radius 2 is 1.82 bits per heavy atom. The van der Waals surface area contributed by atoms with Gasteiger partial charge in [0.05, 0.1) is 40.9 Å². The number of hydrogen-bond donors (Lipinski definition) is 5. The van der Waals surface area contributed by atoms with Gasteiger partial charge in [0.1, 0.15) is 35.7 Å². The molecule has 0 aliphatic carbocycles. The fourth-order valence-corrected chi connectivity index (χ4v) is 5.46. The first kappa shape index (κ1) is 35.7. The second kappa shape index (κ2) is 15.0. The first-order chi connectivity index (χ1) is 20.8. The second-order valence-corrected chi connectivity index (χ2v) is 11.5. The van der Waals surface area contributed by atoms with E-state index in [1.54, 1.807) is 25.1 Å². The quantitative estimate of drug-likeness (QED) is 0.0704. The molecule has 5 N–H and O–H groups in total. The van der Waals surface area contributed by atoms with Crippen LogP contribution in [0.15, 0.2) is 71.5 Å². The average molecular weight is 655 g/mol. The molecule has 17 nitrogen and oxygen atoms in total. The van der Waals surface area contributed by atoms with Gasteiger partial charge >= 0.3 is 29.6 Å². The number of nitrogens with one attached hydrogen (secondary N) is 2. The topological polar surface area (TPSA) is 259 Å². The molecule has 1 amide bonds. The van der Waals surface area contributed by atoms with E-state index in [-0.39, 0.29) is 51.5 Å². The minimum Gasteiger partial charge on any atom is -0.542 e. The Labute approximate surface area is 278 Å². The summed E-state index contributed by atoms with van der Waals surface area (Å²) in [5.41, 5.74) is 0.558. The van der Waals surface area contributed by atoms with Crippen molar-refractivity contribution in [2.75, 3.05) is 18.5 Å². The molecular formula is C26H27N6NaO11S. The van der Waals surface area contributed by atoms with Gasteiger partial charge in [-0.3, -0.25) is 14.9 Å². The number of nitro benzene ring substituents is 1. The van der Waals surface area contributed by atoms with Gasteiger partial charge in [0.25, 0.3) is 5.69 Å². The van der Waals surface area contributed by atoms with E-state index in [1.165, 1.54) is 23.0 Å². The molecule has 3 aromatic rings. The van der Waals surface area contributed by atoms with Gasteiger partial charge in [0.15, 0.2) is 0 Å². The number of aliphatic hydroxyl groups is 3. The fraction of sp³-hybridized carbons (Fsp3) is 0.308. The van der Waals surface area contributed by atoms with Gasteiger partial charge in [-0.25, -0.2) is 17.8 Å². The Kier molecular flexibility index (Phi) is 11.9. The number of carboxylic acid groups (broad SMARTS) is 1. The second-order valence-electron chi connectivity index (χ2n) is 9.74. The molecule has 2 aromatic carbocycles. The van der Waals surface area contributed by atoms with Crippen LogP contribution in [0.1, 0.15) is 13.0 Å². The number of aromatic nitrogens is 3. The van der Waals surface area contributed by atoms with E-state index in [9.17, 15) is 48.5 Å². The standard InChI is InChI=1S/C26H28N6O11S.Na/c1-14-20(10-22(26(37)38)43-25(14)24(36)21(34)13-33)31-12-19(29-30-31)17-4-2-3-5-18(17)28-23(35)11-27-44(41,42)16-8-6-15(7-9-16)32(39)40;/h2-10,12,14,20-21,24-25,27,33-34,36H,11,13H2,1H3,(H,28,35)(H,37,38);/q;+1/p-1/t14-,20+,21-,24-,25-;/m1./s1. The van der Waals surface area contributed by atoms with Crippen molar-refractivity contribution >= 4 is 33.3 Å². The van der Waals surface area contributed by atoms with E-state index < -0.39 is 76.0 Å². The summed E-state index contributed by atoms with van der Waals surface area (Å²) in [6.45, 7) is 0.149. The smallest absolute Gasteiger partial charge is 0.542 e. The van der Waals surface area contributed by atoms with Gasteiger partial charge in [0, 0.05) is 23.6 Å². The molecule has 0 saturated carbocycles. The zero-order valence-corrected chi connectivity index (χ0v) is 26.7. The van der Waals surface area contributed by atoms with E-state index >= 15 is 0 Å². The molecule has 1 aliphatic rings.